The van der Waals surface area contributed by atoms with E-state index in [1.54, 1.807) is 12.1 Å². The number of hydrogen-bond donors (Lipinski definition) is 2. The molecule has 4 heterocycles. The molecule has 42 heavy (non-hydrogen) atoms. The van der Waals surface area contributed by atoms with Crippen molar-refractivity contribution in [2.24, 2.45) is 5.92 Å². The number of alkyl halides is 3. The molecule has 220 valence electrons. The molecule has 1 aromatic carbocycles. The number of carbonyl (C=O) groups excluding carboxylic acids is 1. The fourth-order valence-corrected chi connectivity index (χ4v) is 5.61. The van der Waals surface area contributed by atoms with E-state index < -0.39 is 40.3 Å². The molecule has 1 aliphatic rings. The first-order chi connectivity index (χ1) is 20.1. The van der Waals surface area contributed by atoms with Gasteiger partial charge < -0.3 is 15.1 Å². The average molecular weight is 604 g/mol. The normalized spacial score (nSPS) is 14.1. The quantitative estimate of drug-likeness (QED) is 0.239. The Bertz CT molecular complexity index is 1730. The Balaban J connectivity index is 1.36. The van der Waals surface area contributed by atoms with Crippen molar-refractivity contribution in [3.8, 4) is 11.3 Å². The van der Waals surface area contributed by atoms with Gasteiger partial charge in [-0.1, -0.05) is 0 Å². The fraction of sp³-hybridized carbons (Fsp3) is 0.286. The maximum Gasteiger partial charge on any atom is 0.417 e. The van der Waals surface area contributed by atoms with Crippen LogP contribution in [0.5, 0.6) is 0 Å². The van der Waals surface area contributed by atoms with Crippen molar-refractivity contribution in [3.63, 3.8) is 0 Å². The summed E-state index contributed by atoms with van der Waals surface area (Å²) >= 11 is 0. The standard InChI is InChI=1S/C28H25F4N5O4S/c29-21-2-4-24-19(11-21)13-26(41-24)37(27(42(39)40)17-5-8-33-9-6-17)16-25(38)36-15-22-12-18(7-10-34-22)23-3-1-20(14-35-23)28(30,31)32/h1-4,7,10-14,17,33H,5-6,8-9,15-16H2,(H,36,38). The highest BCUT2D eigenvalue weighted by Crippen LogP contribution is 2.31. The van der Waals surface area contributed by atoms with Crippen molar-refractivity contribution in [2.45, 2.75) is 25.6 Å². The van der Waals surface area contributed by atoms with Gasteiger partial charge in [-0.15, -0.1) is 0 Å². The van der Waals surface area contributed by atoms with Crippen molar-refractivity contribution in [2.75, 3.05) is 24.5 Å². The molecule has 0 aliphatic carbocycles. The molecule has 2 N–H and O–H groups in total. The third-order valence-electron chi connectivity index (χ3n) is 6.83. The van der Waals surface area contributed by atoms with Crippen molar-refractivity contribution in [3.05, 3.63) is 78.0 Å². The zero-order chi connectivity index (χ0) is 29.9. The molecule has 0 spiro atoms. The molecule has 0 radical (unpaired) electrons. The number of anilines is 1. The molecule has 9 nitrogen and oxygen atoms in total. The highest BCUT2D eigenvalue weighted by molar-refractivity contribution is 7.73. The van der Waals surface area contributed by atoms with Crippen LogP contribution in [0.3, 0.4) is 0 Å². The number of amides is 1. The number of hydrogen-bond acceptors (Lipinski definition) is 7. The lowest BCUT2D eigenvalue weighted by Gasteiger charge is -2.29. The Kier molecular flexibility index (Phi) is 8.54. The number of carbonyl (C=O) groups is 1. The van der Waals surface area contributed by atoms with E-state index in [-0.39, 0.29) is 23.3 Å². The van der Waals surface area contributed by atoms with Gasteiger partial charge in [0, 0.05) is 35.3 Å². The number of furan rings is 1. The van der Waals surface area contributed by atoms with Gasteiger partial charge in [0.2, 0.25) is 22.1 Å². The van der Waals surface area contributed by atoms with Crippen LogP contribution in [0.2, 0.25) is 0 Å². The van der Waals surface area contributed by atoms with Gasteiger partial charge in [0.15, 0.2) is 0 Å². The summed E-state index contributed by atoms with van der Waals surface area (Å²) in [6, 6.07) is 10.7. The minimum atomic E-state index is -4.50. The van der Waals surface area contributed by atoms with Crippen LogP contribution in [-0.2, 0) is 27.8 Å². The van der Waals surface area contributed by atoms with Crippen LogP contribution in [0.25, 0.3) is 22.2 Å². The van der Waals surface area contributed by atoms with E-state index in [0.29, 0.717) is 53.9 Å². The molecule has 0 atom stereocenters. The van der Waals surface area contributed by atoms with E-state index in [9.17, 15) is 30.8 Å². The van der Waals surface area contributed by atoms with Gasteiger partial charge in [-0.05, 0) is 68.4 Å². The summed E-state index contributed by atoms with van der Waals surface area (Å²) in [4.78, 5) is 22.5. The summed E-state index contributed by atoms with van der Waals surface area (Å²) in [7, 11) is -2.68. The Labute approximate surface area is 239 Å². The second kappa shape index (κ2) is 12.3. The highest BCUT2D eigenvalue weighted by Gasteiger charge is 2.31. The molecule has 4 aromatic rings. The second-order valence-electron chi connectivity index (χ2n) is 9.69. The Morgan fingerprint density at radius 2 is 1.86 bits per heavy atom. The van der Waals surface area contributed by atoms with Gasteiger partial charge in [-0.2, -0.15) is 21.6 Å². The highest BCUT2D eigenvalue weighted by atomic mass is 32.2. The first kappa shape index (κ1) is 29.2. The van der Waals surface area contributed by atoms with Crippen LogP contribution in [0.1, 0.15) is 24.1 Å². The van der Waals surface area contributed by atoms with E-state index >= 15 is 0 Å². The Morgan fingerprint density at radius 3 is 2.55 bits per heavy atom. The van der Waals surface area contributed by atoms with E-state index in [1.807, 2.05) is 0 Å². The lowest BCUT2D eigenvalue weighted by molar-refractivity contribution is -0.137. The summed E-state index contributed by atoms with van der Waals surface area (Å²) < 4.78 is 83.3. The lowest BCUT2D eigenvalue weighted by atomic mass is 9.97. The number of halogens is 4. The predicted molar refractivity (Wildman–Crippen MR) is 147 cm³/mol. The van der Waals surface area contributed by atoms with E-state index in [0.717, 1.165) is 12.3 Å². The zero-order valence-electron chi connectivity index (χ0n) is 22.0. The molecule has 1 saturated heterocycles. The number of piperidine rings is 1. The molecule has 1 fully saturated rings. The maximum absolute atomic E-state index is 13.8. The molecular formula is C28H25F4N5O4S. The second-order valence-corrected chi connectivity index (χ2v) is 10.6. The first-order valence-electron chi connectivity index (χ1n) is 13.0. The van der Waals surface area contributed by atoms with E-state index in [1.165, 1.54) is 41.4 Å². The fourth-order valence-electron chi connectivity index (χ4n) is 4.77. The summed E-state index contributed by atoms with van der Waals surface area (Å²) in [5.74, 6) is -1.32. The average Bonchev–Trinajstić information content (AvgIpc) is 3.39. The van der Waals surface area contributed by atoms with Crippen LogP contribution in [-0.4, -0.2) is 48.9 Å². The van der Waals surface area contributed by atoms with E-state index in [4.69, 9.17) is 4.42 Å². The summed E-state index contributed by atoms with van der Waals surface area (Å²) in [5, 5.41) is 6.30. The number of pyridine rings is 2. The summed E-state index contributed by atoms with van der Waals surface area (Å²) in [5.41, 5.74) is 0.665. The van der Waals surface area contributed by atoms with Gasteiger partial charge in [-0.25, -0.2) is 4.39 Å². The van der Waals surface area contributed by atoms with Crippen LogP contribution < -0.4 is 15.5 Å². The maximum atomic E-state index is 13.8. The van der Waals surface area contributed by atoms with Crippen molar-refractivity contribution < 1.29 is 35.2 Å². The third-order valence-corrected chi connectivity index (χ3v) is 7.72. The molecule has 5 rings (SSSR count). The van der Waals surface area contributed by atoms with Crippen molar-refractivity contribution in [1.29, 1.82) is 0 Å². The molecule has 1 amide bonds. The molecule has 3 aromatic heterocycles. The zero-order valence-corrected chi connectivity index (χ0v) is 22.8. The molecule has 1 aliphatic heterocycles. The minimum Gasteiger partial charge on any atom is -0.440 e. The summed E-state index contributed by atoms with van der Waals surface area (Å²) in [6.45, 7) is 0.754. The molecule has 0 bridgehead atoms. The Hall–Kier alpha value is -4.30. The smallest absolute Gasteiger partial charge is 0.417 e. The van der Waals surface area contributed by atoms with Gasteiger partial charge in [0.1, 0.15) is 22.9 Å². The van der Waals surface area contributed by atoms with Crippen LogP contribution in [0, 0.1) is 11.7 Å². The van der Waals surface area contributed by atoms with Crippen LogP contribution >= 0.6 is 0 Å². The SMILES string of the molecule is O=C(CN(C(C1CCNCC1)=S(=O)=O)c1cc2cc(F)ccc2o1)NCc1cc(-c2ccc(C(F)(F)F)cn2)ccn1. The number of rotatable bonds is 7. The molecular weight excluding hydrogens is 578 g/mol. The number of aromatic nitrogens is 2. The minimum absolute atomic E-state index is 0.000298. The number of nitrogens with one attached hydrogen (secondary N) is 2. The van der Waals surface area contributed by atoms with E-state index in [2.05, 4.69) is 20.6 Å². The first-order valence-corrected chi connectivity index (χ1v) is 14.0. The van der Waals surface area contributed by atoms with Gasteiger partial charge in [0.25, 0.3) is 0 Å². The number of nitrogens with zero attached hydrogens (tertiary/aromatic N) is 3. The predicted octanol–water partition coefficient (Wildman–Crippen LogP) is 4.18. The lowest BCUT2D eigenvalue weighted by Crippen LogP contribution is -2.46. The van der Waals surface area contributed by atoms with Crippen molar-refractivity contribution >= 4 is 38.0 Å². The van der Waals surface area contributed by atoms with Gasteiger partial charge in [-0.3, -0.25) is 19.7 Å². The van der Waals surface area contributed by atoms with Crippen LogP contribution in [0.15, 0.2) is 65.3 Å². The van der Waals surface area contributed by atoms with Crippen molar-refractivity contribution in [1.82, 2.24) is 20.6 Å². The Morgan fingerprint density at radius 1 is 1.07 bits per heavy atom. The third kappa shape index (κ3) is 6.77. The number of benzene rings is 1. The molecule has 0 saturated carbocycles. The van der Waals surface area contributed by atoms with Crippen LogP contribution in [0.4, 0.5) is 23.4 Å². The molecule has 0 unspecified atom stereocenters. The molecule has 14 heteroatoms. The topological polar surface area (TPSA) is 117 Å². The monoisotopic (exact) mass is 603 g/mol. The largest absolute Gasteiger partial charge is 0.440 e. The summed E-state index contributed by atoms with van der Waals surface area (Å²) in [6.07, 6.45) is -1.25. The number of fused-ring (bicyclic) bond motifs is 1. The van der Waals surface area contributed by atoms with Gasteiger partial charge in [0.05, 0.1) is 23.5 Å². The van der Waals surface area contributed by atoms with Gasteiger partial charge >= 0.3 is 6.18 Å².